The Balaban J connectivity index is 4.37. The van der Waals surface area contributed by atoms with Crippen molar-refractivity contribution in [3.8, 4) is 0 Å². The Labute approximate surface area is 502 Å². The maximum Gasteiger partial charge on any atom is 0.306 e. The Morgan fingerprint density at radius 3 is 0.753 bits per heavy atom. The van der Waals surface area contributed by atoms with Crippen LogP contribution >= 0.6 is 0 Å². The Kier molecular flexibility index (Phi) is 65.7. The molecular weight excluding hydrogens is 997 g/mol. The highest BCUT2D eigenvalue weighted by atomic mass is 16.6. The van der Waals surface area contributed by atoms with Crippen LogP contribution in [0.4, 0.5) is 0 Å². The summed E-state index contributed by atoms with van der Waals surface area (Å²) >= 11 is 0. The number of carbonyl (C=O) groups is 3. The third kappa shape index (κ3) is 67.0. The average molecular weight is 1130 g/mol. The van der Waals surface area contributed by atoms with Gasteiger partial charge >= 0.3 is 17.9 Å². The van der Waals surface area contributed by atoms with Gasteiger partial charge in [0.15, 0.2) is 6.10 Å². The molecular formula is C75H130O6. The molecule has 0 fully saturated rings. The first-order valence-electron chi connectivity index (χ1n) is 34.7. The molecule has 0 aromatic rings. The maximum atomic E-state index is 13.0. The molecule has 1 atom stereocenters. The van der Waals surface area contributed by atoms with Gasteiger partial charge in [-0.15, -0.1) is 0 Å². The molecule has 0 saturated heterocycles. The molecule has 0 heterocycles. The van der Waals surface area contributed by atoms with Crippen molar-refractivity contribution in [2.75, 3.05) is 13.2 Å². The molecule has 0 aromatic heterocycles. The lowest BCUT2D eigenvalue weighted by molar-refractivity contribution is -0.167. The molecule has 466 valence electrons. The summed E-state index contributed by atoms with van der Waals surface area (Å²) < 4.78 is 17.0. The van der Waals surface area contributed by atoms with Gasteiger partial charge in [-0.05, 0) is 96.3 Å². The second-order valence-electron chi connectivity index (χ2n) is 23.0. The summed E-state index contributed by atoms with van der Waals surface area (Å²) in [6.07, 6.45) is 92.8. The third-order valence-electron chi connectivity index (χ3n) is 15.1. The first-order valence-corrected chi connectivity index (χ1v) is 34.7. The Bertz CT molecular complexity index is 1580. The quantitative estimate of drug-likeness (QED) is 0.0261. The third-order valence-corrected chi connectivity index (χ3v) is 15.1. The molecule has 0 aliphatic carbocycles. The van der Waals surface area contributed by atoms with Crippen molar-refractivity contribution < 1.29 is 28.6 Å². The molecule has 0 aromatic carbocycles. The predicted octanol–water partition coefficient (Wildman–Crippen LogP) is 24.0. The van der Waals surface area contributed by atoms with Crippen LogP contribution in [0.15, 0.2) is 97.2 Å². The van der Waals surface area contributed by atoms with Crippen LogP contribution in [0.2, 0.25) is 0 Å². The van der Waals surface area contributed by atoms with E-state index in [1.807, 2.05) is 0 Å². The highest BCUT2D eigenvalue weighted by molar-refractivity contribution is 5.71. The fourth-order valence-electron chi connectivity index (χ4n) is 9.96. The van der Waals surface area contributed by atoms with Crippen LogP contribution in [0.25, 0.3) is 0 Å². The molecule has 0 aliphatic rings. The highest BCUT2D eigenvalue weighted by Crippen LogP contribution is 2.18. The first-order chi connectivity index (χ1) is 40.0. The smallest absolute Gasteiger partial charge is 0.306 e. The molecule has 0 rings (SSSR count). The molecule has 1 unspecified atom stereocenters. The van der Waals surface area contributed by atoms with Crippen molar-refractivity contribution in [1.29, 1.82) is 0 Å². The van der Waals surface area contributed by atoms with Crippen molar-refractivity contribution >= 4 is 17.9 Å². The van der Waals surface area contributed by atoms with Crippen molar-refractivity contribution in [2.45, 2.75) is 348 Å². The van der Waals surface area contributed by atoms with Crippen LogP contribution in [0, 0.1) is 0 Å². The summed E-state index contributed by atoms with van der Waals surface area (Å²) in [4.78, 5) is 38.5. The fourth-order valence-corrected chi connectivity index (χ4v) is 9.96. The van der Waals surface area contributed by atoms with Gasteiger partial charge in [0.25, 0.3) is 0 Å². The molecule has 6 nitrogen and oxygen atoms in total. The van der Waals surface area contributed by atoms with Gasteiger partial charge in [-0.25, -0.2) is 0 Å². The van der Waals surface area contributed by atoms with Gasteiger partial charge in [0, 0.05) is 19.3 Å². The van der Waals surface area contributed by atoms with E-state index in [0.29, 0.717) is 19.3 Å². The summed E-state index contributed by atoms with van der Waals surface area (Å²) in [6.45, 7) is 6.45. The van der Waals surface area contributed by atoms with Crippen molar-refractivity contribution in [3.63, 3.8) is 0 Å². The zero-order valence-electron chi connectivity index (χ0n) is 53.5. The summed E-state index contributed by atoms with van der Waals surface area (Å²) in [5.74, 6) is -0.886. The minimum absolute atomic E-state index is 0.0840. The largest absolute Gasteiger partial charge is 0.462 e. The van der Waals surface area contributed by atoms with Gasteiger partial charge in [-0.2, -0.15) is 0 Å². The molecule has 0 N–H and O–H groups in total. The van der Waals surface area contributed by atoms with Crippen LogP contribution in [-0.2, 0) is 28.6 Å². The van der Waals surface area contributed by atoms with E-state index in [4.69, 9.17) is 14.2 Å². The minimum atomic E-state index is -0.788. The lowest BCUT2D eigenvalue weighted by Crippen LogP contribution is -2.30. The number of esters is 3. The summed E-state index contributed by atoms with van der Waals surface area (Å²) in [6, 6.07) is 0. The van der Waals surface area contributed by atoms with E-state index in [-0.39, 0.29) is 31.1 Å². The van der Waals surface area contributed by atoms with E-state index in [2.05, 4.69) is 118 Å². The zero-order valence-corrected chi connectivity index (χ0v) is 53.5. The second-order valence-corrected chi connectivity index (χ2v) is 23.0. The van der Waals surface area contributed by atoms with Gasteiger partial charge in [0.1, 0.15) is 13.2 Å². The Hall–Kier alpha value is -3.67. The molecule has 0 spiro atoms. The average Bonchev–Trinajstić information content (AvgIpc) is 3.47. The van der Waals surface area contributed by atoms with Crippen LogP contribution < -0.4 is 0 Å². The number of carbonyl (C=O) groups excluding carboxylic acids is 3. The van der Waals surface area contributed by atoms with Gasteiger partial charge in [-0.1, -0.05) is 323 Å². The van der Waals surface area contributed by atoms with E-state index in [1.54, 1.807) is 0 Å². The van der Waals surface area contributed by atoms with Crippen LogP contribution in [-0.4, -0.2) is 37.2 Å². The molecule has 6 heteroatoms. The summed E-state index contributed by atoms with van der Waals surface area (Å²) in [7, 11) is 0. The van der Waals surface area contributed by atoms with Gasteiger partial charge < -0.3 is 14.2 Å². The summed E-state index contributed by atoms with van der Waals surface area (Å²) in [5.41, 5.74) is 0. The predicted molar refractivity (Wildman–Crippen MR) is 353 cm³/mol. The van der Waals surface area contributed by atoms with Crippen molar-refractivity contribution in [1.82, 2.24) is 0 Å². The molecule has 81 heavy (non-hydrogen) atoms. The van der Waals surface area contributed by atoms with E-state index in [9.17, 15) is 14.4 Å². The van der Waals surface area contributed by atoms with E-state index < -0.39 is 6.10 Å². The number of ether oxygens (including phenoxy) is 3. The van der Waals surface area contributed by atoms with Gasteiger partial charge in [0.05, 0.1) is 0 Å². The van der Waals surface area contributed by atoms with Crippen LogP contribution in [0.1, 0.15) is 342 Å². The maximum absolute atomic E-state index is 13.0. The van der Waals surface area contributed by atoms with Crippen LogP contribution in [0.3, 0.4) is 0 Å². The number of hydrogen-bond acceptors (Lipinski definition) is 6. The lowest BCUT2D eigenvalue weighted by atomic mass is 10.0. The second kappa shape index (κ2) is 68.8. The lowest BCUT2D eigenvalue weighted by Gasteiger charge is -2.18. The zero-order chi connectivity index (χ0) is 58.5. The fraction of sp³-hybridized carbons (Fsp3) is 0.747. The number of rotatable bonds is 63. The normalized spacial score (nSPS) is 12.7. The Morgan fingerprint density at radius 1 is 0.259 bits per heavy atom. The van der Waals surface area contributed by atoms with E-state index >= 15 is 0 Å². The molecule has 0 amide bonds. The molecule has 0 saturated carbocycles. The molecule has 0 radical (unpaired) electrons. The van der Waals surface area contributed by atoms with E-state index in [0.717, 1.165) is 122 Å². The van der Waals surface area contributed by atoms with Gasteiger partial charge in [0.2, 0.25) is 0 Å². The van der Waals surface area contributed by atoms with Crippen molar-refractivity contribution in [3.05, 3.63) is 97.2 Å². The molecule has 0 bridgehead atoms. The minimum Gasteiger partial charge on any atom is -0.462 e. The van der Waals surface area contributed by atoms with E-state index in [1.165, 1.54) is 180 Å². The number of hydrogen-bond donors (Lipinski definition) is 0. The number of unbranched alkanes of at least 4 members (excludes halogenated alkanes) is 36. The Morgan fingerprint density at radius 2 is 0.481 bits per heavy atom. The number of allylic oxidation sites excluding steroid dienone is 16. The van der Waals surface area contributed by atoms with Crippen LogP contribution in [0.5, 0.6) is 0 Å². The standard InChI is InChI=1S/C75H130O6/c1-4-7-10-13-16-19-22-25-28-31-33-35-37-39-41-44-47-50-53-56-59-62-65-68-74(77)80-71-72(70-79-73(76)67-64-61-58-55-52-49-46-43-30-27-24-21-18-15-12-9-6-3)81-75(78)69-66-63-60-57-54-51-48-45-42-40-38-36-34-32-29-26-23-20-17-14-11-8-5-2/h7,9-10,12,16,18-19,21,25,27-28,30,33,35,39,41,72H,4-6,8,11,13-15,17,20,22-24,26,29,31-32,34,36-38,40,42-71H2,1-3H3/b10-7-,12-9-,19-16-,21-18-,28-25-,30-27-,35-33-,41-39-. The molecule has 0 aliphatic heterocycles. The monoisotopic (exact) mass is 1130 g/mol. The highest BCUT2D eigenvalue weighted by Gasteiger charge is 2.19. The topological polar surface area (TPSA) is 78.9 Å². The van der Waals surface area contributed by atoms with Gasteiger partial charge in [-0.3, -0.25) is 14.4 Å². The summed E-state index contributed by atoms with van der Waals surface area (Å²) in [5, 5.41) is 0. The van der Waals surface area contributed by atoms with Crippen molar-refractivity contribution in [2.24, 2.45) is 0 Å². The first kappa shape index (κ1) is 77.3. The SMILES string of the molecule is CC/C=C\C/C=C\C/C=C\C/C=C\C/C=C\CCCCCCCCCC(=O)OCC(COC(=O)CCCCCCCCC/C=C\C/C=C\C/C=C\CC)OC(=O)CCCCCCCCCCCCCCCCCCCCCCCCC.